The Morgan fingerprint density at radius 2 is 2.00 bits per heavy atom. The van der Waals surface area contributed by atoms with E-state index in [0.29, 0.717) is 11.0 Å². The van der Waals surface area contributed by atoms with Crippen LogP contribution in [0.15, 0.2) is 15.0 Å². The first-order valence-corrected chi connectivity index (χ1v) is 7.98. The van der Waals surface area contributed by atoms with Crippen molar-refractivity contribution in [3.05, 3.63) is 25.6 Å². The van der Waals surface area contributed by atoms with E-state index in [0.717, 1.165) is 33.3 Å². The molecule has 0 amide bonds. The van der Waals surface area contributed by atoms with E-state index in [1.807, 2.05) is 11.0 Å². The summed E-state index contributed by atoms with van der Waals surface area (Å²) in [4.78, 5) is 1.90. The van der Waals surface area contributed by atoms with Crippen LogP contribution in [0.4, 0.5) is 5.69 Å². The topological polar surface area (TPSA) is 39.1 Å². The SMILES string of the molecule is CC(C)(C)c1cc(Br)c(Br)c(N2CCNC2=N)c1Cl. The van der Waals surface area contributed by atoms with Crippen molar-refractivity contribution >= 4 is 55.1 Å². The molecule has 1 heterocycles. The summed E-state index contributed by atoms with van der Waals surface area (Å²) in [6, 6.07) is 2.04. The molecule has 1 saturated heterocycles. The molecule has 1 aliphatic rings. The summed E-state index contributed by atoms with van der Waals surface area (Å²) < 4.78 is 1.84. The van der Waals surface area contributed by atoms with Crippen molar-refractivity contribution in [1.82, 2.24) is 5.32 Å². The normalized spacial score (nSPS) is 15.9. The van der Waals surface area contributed by atoms with Crippen LogP contribution in [-0.2, 0) is 5.41 Å². The molecule has 1 aromatic rings. The predicted octanol–water partition coefficient (Wildman–Crippen LogP) is 4.51. The third-order valence-electron chi connectivity index (χ3n) is 3.11. The number of halogens is 3. The van der Waals surface area contributed by atoms with E-state index in [1.54, 1.807) is 0 Å². The third-order valence-corrected chi connectivity index (χ3v) is 5.45. The van der Waals surface area contributed by atoms with Crippen LogP contribution in [0.1, 0.15) is 26.3 Å². The van der Waals surface area contributed by atoms with E-state index in [9.17, 15) is 0 Å². The smallest absolute Gasteiger partial charge is 0.195 e. The zero-order chi connectivity index (χ0) is 14.4. The quantitative estimate of drug-likeness (QED) is 0.670. The lowest BCUT2D eigenvalue weighted by Crippen LogP contribution is -2.30. The Balaban J connectivity index is 2.66. The van der Waals surface area contributed by atoms with Gasteiger partial charge in [-0.3, -0.25) is 5.41 Å². The van der Waals surface area contributed by atoms with Gasteiger partial charge in [0, 0.05) is 17.6 Å². The Hall–Kier alpha value is -0.260. The van der Waals surface area contributed by atoms with Gasteiger partial charge in [-0.15, -0.1) is 0 Å². The molecule has 0 saturated carbocycles. The van der Waals surface area contributed by atoms with Gasteiger partial charge in [0.1, 0.15) is 0 Å². The van der Waals surface area contributed by atoms with Crippen LogP contribution in [0.25, 0.3) is 0 Å². The first-order chi connectivity index (χ1) is 8.73. The monoisotopic (exact) mass is 407 g/mol. The number of guanidine groups is 1. The summed E-state index contributed by atoms with van der Waals surface area (Å²) in [5, 5.41) is 11.7. The van der Waals surface area contributed by atoms with Crippen LogP contribution in [0.5, 0.6) is 0 Å². The zero-order valence-electron chi connectivity index (χ0n) is 11.1. The zero-order valence-corrected chi connectivity index (χ0v) is 15.0. The molecule has 0 atom stereocenters. The van der Waals surface area contributed by atoms with E-state index < -0.39 is 0 Å². The molecule has 0 aromatic heterocycles. The maximum absolute atomic E-state index is 7.95. The minimum absolute atomic E-state index is 0.0512. The highest BCUT2D eigenvalue weighted by Gasteiger charge is 2.28. The Morgan fingerprint density at radius 1 is 1.37 bits per heavy atom. The van der Waals surface area contributed by atoms with E-state index >= 15 is 0 Å². The van der Waals surface area contributed by atoms with Crippen molar-refractivity contribution in [1.29, 1.82) is 5.41 Å². The number of hydrogen-bond acceptors (Lipinski definition) is 1. The molecule has 1 aromatic carbocycles. The summed E-state index contributed by atoms with van der Waals surface area (Å²) in [5.41, 5.74) is 1.87. The molecule has 0 aliphatic carbocycles. The van der Waals surface area contributed by atoms with E-state index in [4.69, 9.17) is 17.0 Å². The standard InChI is InChI=1S/C13H16Br2ClN3/c1-13(2,3)7-6-8(14)9(15)11(10(7)16)19-5-4-18-12(19)17/h6H,4-5H2,1-3H3,(H2,17,18). The molecule has 0 spiro atoms. The summed E-state index contributed by atoms with van der Waals surface area (Å²) >= 11 is 13.7. The Labute approximate surface area is 135 Å². The van der Waals surface area contributed by atoms with Crippen molar-refractivity contribution < 1.29 is 0 Å². The third kappa shape index (κ3) is 2.78. The van der Waals surface area contributed by atoms with E-state index in [2.05, 4.69) is 57.9 Å². The fourth-order valence-electron chi connectivity index (χ4n) is 2.09. The number of nitrogens with one attached hydrogen (secondary N) is 2. The van der Waals surface area contributed by atoms with Crippen molar-refractivity contribution in [2.24, 2.45) is 0 Å². The summed E-state index contributed by atoms with van der Waals surface area (Å²) in [6.45, 7) is 7.90. The van der Waals surface area contributed by atoms with Crippen molar-refractivity contribution in [3.8, 4) is 0 Å². The lowest BCUT2D eigenvalue weighted by atomic mass is 9.86. The molecule has 0 radical (unpaired) electrons. The fourth-order valence-corrected chi connectivity index (χ4v) is 3.68. The highest BCUT2D eigenvalue weighted by atomic mass is 79.9. The highest BCUT2D eigenvalue weighted by Crippen LogP contribution is 2.45. The lowest BCUT2D eigenvalue weighted by molar-refractivity contribution is 0.590. The lowest BCUT2D eigenvalue weighted by Gasteiger charge is -2.27. The summed E-state index contributed by atoms with van der Waals surface area (Å²) in [5.74, 6) is 0.389. The van der Waals surface area contributed by atoms with Gasteiger partial charge in [0.25, 0.3) is 0 Å². The molecule has 2 rings (SSSR count). The number of nitrogens with zero attached hydrogens (tertiary/aromatic N) is 1. The molecule has 1 aliphatic heterocycles. The maximum atomic E-state index is 7.95. The first kappa shape index (κ1) is 15.1. The Bertz CT molecular complexity index is 538. The molecule has 0 bridgehead atoms. The molecule has 104 valence electrons. The van der Waals surface area contributed by atoms with Gasteiger partial charge in [0.05, 0.1) is 15.2 Å². The summed E-state index contributed by atoms with van der Waals surface area (Å²) in [7, 11) is 0. The minimum Gasteiger partial charge on any atom is -0.354 e. The van der Waals surface area contributed by atoms with Gasteiger partial charge in [0.2, 0.25) is 0 Å². The number of anilines is 1. The van der Waals surface area contributed by atoms with Gasteiger partial charge in [-0.05, 0) is 48.9 Å². The van der Waals surface area contributed by atoms with Crippen LogP contribution in [0.3, 0.4) is 0 Å². The first-order valence-electron chi connectivity index (χ1n) is 6.01. The van der Waals surface area contributed by atoms with Crippen LogP contribution < -0.4 is 10.2 Å². The number of hydrogen-bond donors (Lipinski definition) is 2. The van der Waals surface area contributed by atoms with Gasteiger partial charge in [0.15, 0.2) is 5.96 Å². The number of benzene rings is 1. The van der Waals surface area contributed by atoms with Gasteiger partial charge in [-0.1, -0.05) is 32.4 Å². The average Bonchev–Trinajstić information content (AvgIpc) is 2.69. The molecule has 1 fully saturated rings. The van der Waals surface area contributed by atoms with E-state index in [1.165, 1.54) is 0 Å². The Morgan fingerprint density at radius 3 is 2.47 bits per heavy atom. The average molecular weight is 410 g/mol. The van der Waals surface area contributed by atoms with Gasteiger partial charge in [-0.2, -0.15) is 0 Å². The number of rotatable bonds is 1. The summed E-state index contributed by atoms with van der Waals surface area (Å²) in [6.07, 6.45) is 0. The van der Waals surface area contributed by atoms with Crippen LogP contribution >= 0.6 is 43.5 Å². The maximum Gasteiger partial charge on any atom is 0.195 e. The largest absolute Gasteiger partial charge is 0.354 e. The van der Waals surface area contributed by atoms with Gasteiger partial charge < -0.3 is 10.2 Å². The molecule has 3 nitrogen and oxygen atoms in total. The molecular formula is C13H16Br2ClN3. The fraction of sp³-hybridized carbons (Fsp3) is 0.462. The second-order valence-corrected chi connectivity index (χ2v) is 7.58. The van der Waals surface area contributed by atoms with Crippen molar-refractivity contribution in [2.75, 3.05) is 18.0 Å². The van der Waals surface area contributed by atoms with E-state index in [-0.39, 0.29) is 5.41 Å². The second-order valence-electron chi connectivity index (χ2n) is 5.56. The predicted molar refractivity (Wildman–Crippen MR) is 88.6 cm³/mol. The molecule has 2 N–H and O–H groups in total. The van der Waals surface area contributed by atoms with Crippen LogP contribution in [0.2, 0.25) is 5.02 Å². The van der Waals surface area contributed by atoms with Crippen molar-refractivity contribution in [2.45, 2.75) is 26.2 Å². The minimum atomic E-state index is -0.0512. The van der Waals surface area contributed by atoms with Crippen molar-refractivity contribution in [3.63, 3.8) is 0 Å². The molecule has 19 heavy (non-hydrogen) atoms. The van der Waals surface area contributed by atoms with Crippen LogP contribution in [0, 0.1) is 5.41 Å². The molecule has 6 heteroatoms. The van der Waals surface area contributed by atoms with Crippen LogP contribution in [-0.4, -0.2) is 19.0 Å². The van der Waals surface area contributed by atoms with Gasteiger partial charge >= 0.3 is 0 Å². The van der Waals surface area contributed by atoms with Gasteiger partial charge in [-0.25, -0.2) is 0 Å². The Kier molecular flexibility index (Phi) is 4.19. The molecule has 0 unspecified atom stereocenters. The molecular weight excluding hydrogens is 393 g/mol. The highest BCUT2D eigenvalue weighted by molar-refractivity contribution is 9.13. The second kappa shape index (κ2) is 5.26.